The number of hydrogen-bond donors (Lipinski definition) is 0. The third-order valence-corrected chi connectivity index (χ3v) is 4.78. The molecule has 0 bridgehead atoms. The summed E-state index contributed by atoms with van der Waals surface area (Å²) in [5.74, 6) is -0.212. The quantitative estimate of drug-likeness (QED) is 0.809. The maximum Gasteiger partial charge on any atom is 0.293 e. The highest BCUT2D eigenvalue weighted by Crippen LogP contribution is 2.33. The van der Waals surface area contributed by atoms with Crippen molar-refractivity contribution in [3.05, 3.63) is 52.4 Å². The van der Waals surface area contributed by atoms with Crippen LogP contribution in [0, 0.1) is 13.8 Å². The van der Waals surface area contributed by atoms with E-state index in [1.54, 1.807) is 25.4 Å². The first kappa shape index (κ1) is 15.6. The van der Waals surface area contributed by atoms with Crippen molar-refractivity contribution in [2.45, 2.75) is 20.8 Å². The number of aromatic nitrogens is 2. The normalized spacial score (nSPS) is 16.7. The van der Waals surface area contributed by atoms with Crippen LogP contribution in [0.5, 0.6) is 0 Å². The molecule has 23 heavy (non-hydrogen) atoms. The van der Waals surface area contributed by atoms with Crippen LogP contribution in [0.1, 0.15) is 23.9 Å². The average Bonchev–Trinajstić information content (AvgIpc) is 2.96. The van der Waals surface area contributed by atoms with Crippen LogP contribution >= 0.6 is 11.8 Å². The number of rotatable bonds is 3. The molecule has 3 heterocycles. The molecule has 1 aliphatic rings. The highest BCUT2D eigenvalue weighted by Gasteiger charge is 2.33. The summed E-state index contributed by atoms with van der Waals surface area (Å²) in [6, 6.07) is 5.90. The predicted octanol–water partition coefficient (Wildman–Crippen LogP) is 3.55. The molecule has 0 radical (unpaired) electrons. The van der Waals surface area contributed by atoms with E-state index in [2.05, 4.69) is 9.55 Å². The van der Waals surface area contributed by atoms with Crippen molar-refractivity contribution in [1.82, 2.24) is 14.5 Å². The molecule has 3 rings (SSSR count). The molecular weight excluding hydrogens is 310 g/mol. The van der Waals surface area contributed by atoms with E-state index in [4.69, 9.17) is 0 Å². The Balaban J connectivity index is 2.02. The summed E-state index contributed by atoms with van der Waals surface area (Å²) in [5.41, 5.74) is 4.06. The lowest BCUT2D eigenvalue weighted by Gasteiger charge is -2.09. The fourth-order valence-electron chi connectivity index (χ4n) is 2.74. The number of hydrogen-bond acceptors (Lipinski definition) is 4. The molecule has 2 amide bonds. The molecule has 0 atom stereocenters. The first-order chi connectivity index (χ1) is 11.0. The van der Waals surface area contributed by atoms with Crippen molar-refractivity contribution in [2.75, 3.05) is 6.54 Å². The molecule has 2 aromatic heterocycles. The highest BCUT2D eigenvalue weighted by molar-refractivity contribution is 8.18. The Labute approximate surface area is 139 Å². The van der Waals surface area contributed by atoms with Gasteiger partial charge in [0.15, 0.2) is 0 Å². The third-order valence-electron chi connectivity index (χ3n) is 3.87. The van der Waals surface area contributed by atoms with Crippen molar-refractivity contribution in [3.8, 4) is 5.69 Å². The van der Waals surface area contributed by atoms with Crippen molar-refractivity contribution >= 4 is 29.0 Å². The van der Waals surface area contributed by atoms with Crippen molar-refractivity contribution < 1.29 is 9.59 Å². The Kier molecular flexibility index (Phi) is 4.09. The van der Waals surface area contributed by atoms with E-state index in [-0.39, 0.29) is 11.1 Å². The van der Waals surface area contributed by atoms with E-state index in [1.165, 1.54) is 4.90 Å². The van der Waals surface area contributed by atoms with Crippen LogP contribution in [0.2, 0.25) is 0 Å². The first-order valence-corrected chi connectivity index (χ1v) is 8.19. The summed E-state index contributed by atoms with van der Waals surface area (Å²) >= 11 is 1.00. The van der Waals surface area contributed by atoms with Crippen LogP contribution in [0.4, 0.5) is 4.79 Å². The van der Waals surface area contributed by atoms with Gasteiger partial charge in [-0.05, 0) is 62.4 Å². The van der Waals surface area contributed by atoms with Gasteiger partial charge in [0, 0.05) is 36.0 Å². The number of likely N-dealkylation sites (N-methyl/N-ethyl adjacent to an activating group) is 1. The Morgan fingerprint density at radius 2 is 1.91 bits per heavy atom. The SMILES string of the molecule is CCN1C(=O)S/C(=C/c2cc(C)n(-c3ccncc3)c2C)C1=O. The summed E-state index contributed by atoms with van der Waals surface area (Å²) in [5, 5.41) is -0.202. The average molecular weight is 327 g/mol. The maximum atomic E-state index is 12.2. The van der Waals surface area contributed by atoms with E-state index < -0.39 is 0 Å². The van der Waals surface area contributed by atoms with E-state index >= 15 is 0 Å². The Morgan fingerprint density at radius 3 is 2.52 bits per heavy atom. The summed E-state index contributed by atoms with van der Waals surface area (Å²) in [6.45, 7) is 6.22. The third kappa shape index (κ3) is 2.70. The maximum absolute atomic E-state index is 12.2. The minimum absolute atomic E-state index is 0.202. The summed E-state index contributed by atoms with van der Waals surface area (Å²) < 4.78 is 2.11. The number of carbonyl (C=O) groups excluding carboxylic acids is 2. The molecule has 0 unspecified atom stereocenters. The summed E-state index contributed by atoms with van der Waals surface area (Å²) in [6.07, 6.45) is 5.31. The van der Waals surface area contributed by atoms with Crippen LogP contribution in [0.25, 0.3) is 11.8 Å². The lowest BCUT2D eigenvalue weighted by Crippen LogP contribution is -2.27. The second-order valence-electron chi connectivity index (χ2n) is 5.29. The van der Waals surface area contributed by atoms with Crippen LogP contribution < -0.4 is 0 Å². The fourth-order valence-corrected chi connectivity index (χ4v) is 3.63. The van der Waals surface area contributed by atoms with E-state index in [9.17, 15) is 9.59 Å². The lowest BCUT2D eigenvalue weighted by atomic mass is 10.2. The van der Waals surface area contributed by atoms with Gasteiger partial charge in [-0.1, -0.05) is 0 Å². The van der Waals surface area contributed by atoms with Gasteiger partial charge in [-0.25, -0.2) is 0 Å². The van der Waals surface area contributed by atoms with Crippen LogP contribution in [0.3, 0.4) is 0 Å². The number of pyridine rings is 1. The molecule has 0 spiro atoms. The van der Waals surface area contributed by atoms with Crippen molar-refractivity contribution in [1.29, 1.82) is 0 Å². The van der Waals surface area contributed by atoms with Gasteiger partial charge in [0.05, 0.1) is 4.91 Å². The largest absolute Gasteiger partial charge is 0.318 e. The number of amides is 2. The zero-order chi connectivity index (χ0) is 16.6. The van der Waals surface area contributed by atoms with E-state index in [0.717, 1.165) is 34.4 Å². The number of thioether (sulfide) groups is 1. The van der Waals surface area contributed by atoms with E-state index in [0.29, 0.717) is 11.4 Å². The van der Waals surface area contributed by atoms with E-state index in [1.807, 2.05) is 32.0 Å². The molecule has 0 aliphatic carbocycles. The second kappa shape index (κ2) is 6.04. The smallest absolute Gasteiger partial charge is 0.293 e. The Bertz CT molecular complexity index is 809. The van der Waals surface area contributed by atoms with Gasteiger partial charge in [0.25, 0.3) is 11.1 Å². The molecule has 1 aliphatic heterocycles. The standard InChI is InChI=1S/C17H17N3O2S/c1-4-19-16(21)15(23-17(19)22)10-13-9-11(2)20(12(13)3)14-5-7-18-8-6-14/h5-10H,4H2,1-3H3/b15-10+. The molecule has 5 nitrogen and oxygen atoms in total. The number of imide groups is 1. The molecule has 0 aromatic carbocycles. The zero-order valence-corrected chi connectivity index (χ0v) is 14.1. The number of carbonyl (C=O) groups is 2. The highest BCUT2D eigenvalue weighted by atomic mass is 32.2. The minimum atomic E-state index is -0.212. The molecule has 2 aromatic rings. The fraction of sp³-hybridized carbons (Fsp3) is 0.235. The van der Waals surface area contributed by atoms with Gasteiger partial charge in [0.2, 0.25) is 0 Å². The molecular formula is C17H17N3O2S. The molecule has 118 valence electrons. The molecule has 1 fully saturated rings. The summed E-state index contributed by atoms with van der Waals surface area (Å²) in [7, 11) is 0. The predicted molar refractivity (Wildman–Crippen MR) is 91.4 cm³/mol. The van der Waals surface area contributed by atoms with Crippen molar-refractivity contribution in [2.24, 2.45) is 0 Å². The van der Waals surface area contributed by atoms with Crippen LogP contribution in [-0.2, 0) is 4.79 Å². The van der Waals surface area contributed by atoms with Gasteiger partial charge in [-0.3, -0.25) is 19.5 Å². The first-order valence-electron chi connectivity index (χ1n) is 7.37. The monoisotopic (exact) mass is 327 g/mol. The molecule has 1 saturated heterocycles. The second-order valence-corrected chi connectivity index (χ2v) is 6.29. The zero-order valence-electron chi connectivity index (χ0n) is 13.2. The molecule has 0 N–H and O–H groups in total. The number of nitrogens with zero attached hydrogens (tertiary/aromatic N) is 3. The Morgan fingerprint density at radius 1 is 1.22 bits per heavy atom. The Hall–Kier alpha value is -2.34. The van der Waals surface area contributed by atoms with Crippen molar-refractivity contribution in [3.63, 3.8) is 0 Å². The number of aryl methyl sites for hydroxylation is 1. The van der Waals surface area contributed by atoms with Crippen LogP contribution in [0.15, 0.2) is 35.5 Å². The van der Waals surface area contributed by atoms with Gasteiger partial charge < -0.3 is 4.57 Å². The van der Waals surface area contributed by atoms with Gasteiger partial charge in [-0.2, -0.15) is 0 Å². The van der Waals surface area contributed by atoms with Gasteiger partial charge in [-0.15, -0.1) is 0 Å². The molecule has 6 heteroatoms. The lowest BCUT2D eigenvalue weighted by molar-refractivity contribution is -0.122. The van der Waals surface area contributed by atoms with Gasteiger partial charge >= 0.3 is 0 Å². The minimum Gasteiger partial charge on any atom is -0.318 e. The molecule has 0 saturated carbocycles. The van der Waals surface area contributed by atoms with Crippen LogP contribution in [-0.4, -0.2) is 32.1 Å². The summed E-state index contributed by atoms with van der Waals surface area (Å²) in [4.78, 5) is 29.8. The topological polar surface area (TPSA) is 55.2 Å². The van der Waals surface area contributed by atoms with Gasteiger partial charge in [0.1, 0.15) is 0 Å².